The van der Waals surface area contributed by atoms with E-state index in [0.717, 1.165) is 16.3 Å². The van der Waals surface area contributed by atoms with E-state index in [4.69, 9.17) is 10.1 Å². The lowest BCUT2D eigenvalue weighted by Gasteiger charge is -2.19. The molecule has 1 fully saturated rings. The van der Waals surface area contributed by atoms with Gasteiger partial charge in [0.1, 0.15) is 23.5 Å². The number of ether oxygens (including phenoxy) is 1. The number of likely N-dealkylation sites (tertiary alicyclic amines) is 1. The molecule has 1 aliphatic rings. The molecule has 1 aliphatic heterocycles. The summed E-state index contributed by atoms with van der Waals surface area (Å²) < 4.78 is 6.17. The van der Waals surface area contributed by atoms with Gasteiger partial charge in [-0.15, -0.1) is 0 Å². The van der Waals surface area contributed by atoms with E-state index in [1.165, 1.54) is 48.5 Å². The van der Waals surface area contributed by atoms with Crippen LogP contribution in [-0.4, -0.2) is 68.5 Å². The van der Waals surface area contributed by atoms with Crippen LogP contribution in [0.25, 0.3) is 10.8 Å². The maximum atomic E-state index is 12.7. The topological polar surface area (TPSA) is 218 Å². The molecule has 278 valence electrons. The molecule has 0 unspecified atom stereocenters. The number of nitrogens with zero attached hydrogens (tertiary/aromatic N) is 4. The summed E-state index contributed by atoms with van der Waals surface area (Å²) in [7, 11) is 0. The summed E-state index contributed by atoms with van der Waals surface area (Å²) in [6.07, 6.45) is 0.673. The number of nitro benzene ring substituents is 2. The number of nitrogens with one attached hydrogen (secondary N) is 2. The number of hydrogen-bond acceptors (Lipinski definition) is 9. The van der Waals surface area contributed by atoms with Gasteiger partial charge in [0.15, 0.2) is 0 Å². The molecule has 15 nitrogen and oxygen atoms in total. The summed E-state index contributed by atoms with van der Waals surface area (Å²) in [6, 6.07) is 28.0. The van der Waals surface area contributed by atoms with Crippen molar-refractivity contribution in [3.63, 3.8) is 0 Å². The number of aliphatic carboxylic acids is 1. The second-order valence-electron chi connectivity index (χ2n) is 12.9. The predicted molar refractivity (Wildman–Crippen MR) is 203 cm³/mol. The molecule has 3 N–H and O–H groups in total. The van der Waals surface area contributed by atoms with E-state index in [-0.39, 0.29) is 40.9 Å². The first-order valence-corrected chi connectivity index (χ1v) is 17.1. The lowest BCUT2D eigenvalue weighted by atomic mass is 9.91. The van der Waals surface area contributed by atoms with Gasteiger partial charge in [-0.1, -0.05) is 42.5 Å². The van der Waals surface area contributed by atoms with Gasteiger partial charge >= 0.3 is 5.97 Å². The lowest BCUT2D eigenvalue weighted by molar-refractivity contribution is -0.385. The average Bonchev–Trinajstić information content (AvgIpc) is 3.65. The Bertz CT molecular complexity index is 2340. The molecular formula is C40H34N6O9. The highest BCUT2D eigenvalue weighted by atomic mass is 16.6. The maximum Gasteiger partial charge on any atom is 0.311 e. The fraction of sp³-hybridized carbons (Fsp3) is 0.175. The summed E-state index contributed by atoms with van der Waals surface area (Å²) in [6.45, 7) is 2.81. The zero-order chi connectivity index (χ0) is 39.2. The fourth-order valence-corrected chi connectivity index (χ4v) is 6.25. The summed E-state index contributed by atoms with van der Waals surface area (Å²) in [5.41, 5.74) is 1.92. The summed E-state index contributed by atoms with van der Waals surface area (Å²) in [5, 5.41) is 44.6. The van der Waals surface area contributed by atoms with Crippen molar-refractivity contribution in [1.82, 2.24) is 10.2 Å². The SMILES string of the molecule is CC(=NC(=O)c1ccc([N+](=O)[O-])cc1)N1CC[C@H](Oc2ccc([C@H](Cc3ccc4ccc(C(=N)NC(=O)c5ccc([N+](=O)[O-])cc5)cc4c3)C(=O)O)cc2)C1. The summed E-state index contributed by atoms with van der Waals surface area (Å²) in [4.78, 5) is 64.5. The first kappa shape index (κ1) is 37.5. The van der Waals surface area contributed by atoms with Gasteiger partial charge in [-0.05, 0) is 77.7 Å². The van der Waals surface area contributed by atoms with Crippen LogP contribution >= 0.6 is 0 Å². The Hall–Kier alpha value is -7.29. The van der Waals surface area contributed by atoms with E-state index in [9.17, 15) is 39.7 Å². The number of nitro groups is 2. The second kappa shape index (κ2) is 16.2. The number of carboxylic acids is 1. The Morgan fingerprint density at radius 3 is 2.07 bits per heavy atom. The number of non-ortho nitro benzene ring substituents is 2. The fourth-order valence-electron chi connectivity index (χ4n) is 6.25. The number of carboxylic acid groups (broad SMARTS) is 1. The Labute approximate surface area is 313 Å². The second-order valence-corrected chi connectivity index (χ2v) is 12.9. The minimum absolute atomic E-state index is 0.113. The van der Waals surface area contributed by atoms with Crippen molar-refractivity contribution in [1.29, 1.82) is 5.41 Å². The molecule has 2 atom stereocenters. The number of amidine groups is 2. The Morgan fingerprint density at radius 2 is 1.45 bits per heavy atom. The Kier molecular flexibility index (Phi) is 11.0. The first-order chi connectivity index (χ1) is 26.3. The van der Waals surface area contributed by atoms with Crippen molar-refractivity contribution in [3.8, 4) is 5.75 Å². The van der Waals surface area contributed by atoms with Gasteiger partial charge in [0.25, 0.3) is 23.2 Å². The van der Waals surface area contributed by atoms with Gasteiger partial charge in [-0.25, -0.2) is 0 Å². The van der Waals surface area contributed by atoms with Crippen LogP contribution in [0.3, 0.4) is 0 Å². The average molecular weight is 743 g/mol. The van der Waals surface area contributed by atoms with Crippen LogP contribution < -0.4 is 10.1 Å². The third-order valence-corrected chi connectivity index (χ3v) is 9.29. The normalized spacial score (nSPS) is 14.6. The van der Waals surface area contributed by atoms with E-state index in [0.29, 0.717) is 42.2 Å². The van der Waals surface area contributed by atoms with E-state index in [1.54, 1.807) is 49.4 Å². The molecular weight excluding hydrogens is 708 g/mol. The van der Waals surface area contributed by atoms with Crippen LogP contribution in [-0.2, 0) is 11.2 Å². The Balaban J connectivity index is 1.06. The van der Waals surface area contributed by atoms with Crippen LogP contribution in [0, 0.1) is 25.6 Å². The largest absolute Gasteiger partial charge is 0.489 e. The van der Waals surface area contributed by atoms with E-state index in [2.05, 4.69) is 10.3 Å². The minimum Gasteiger partial charge on any atom is -0.489 e. The van der Waals surface area contributed by atoms with Crippen molar-refractivity contribution < 1.29 is 34.1 Å². The maximum absolute atomic E-state index is 12.7. The standard InChI is InChI=1S/C40H34N6O9/c1-24(42-38(47)28-6-12-32(13-7-28)45(51)52)44-19-18-35(23-44)55-34-16-10-27(11-17-34)36(40(49)50)21-25-2-3-26-4-5-30(22-31(26)20-25)37(41)43-39(48)29-8-14-33(15-9-29)46(53)54/h2-17,20,22,35-36H,18-19,21,23H2,1H3,(H,49,50)(H2,41,43,48)/t35-,36-/m0/s1. The van der Waals surface area contributed by atoms with Gasteiger partial charge < -0.3 is 20.1 Å². The first-order valence-electron chi connectivity index (χ1n) is 17.1. The highest BCUT2D eigenvalue weighted by molar-refractivity contribution is 6.12. The van der Waals surface area contributed by atoms with Gasteiger partial charge in [0, 0.05) is 53.9 Å². The molecule has 2 amide bonds. The number of amides is 2. The smallest absolute Gasteiger partial charge is 0.311 e. The van der Waals surface area contributed by atoms with E-state index < -0.39 is 33.5 Å². The number of carbonyl (C=O) groups is 3. The van der Waals surface area contributed by atoms with Gasteiger partial charge in [-0.3, -0.25) is 40.0 Å². The van der Waals surface area contributed by atoms with E-state index >= 15 is 0 Å². The van der Waals surface area contributed by atoms with Crippen molar-refractivity contribution in [3.05, 3.63) is 157 Å². The molecule has 0 bridgehead atoms. The highest BCUT2D eigenvalue weighted by Gasteiger charge is 2.26. The van der Waals surface area contributed by atoms with E-state index in [1.807, 2.05) is 23.1 Å². The van der Waals surface area contributed by atoms with Crippen molar-refractivity contribution in [2.45, 2.75) is 31.8 Å². The quantitative estimate of drug-likeness (QED) is 0.0575. The molecule has 0 aromatic heterocycles. The predicted octanol–water partition coefficient (Wildman–Crippen LogP) is 6.53. The zero-order valence-electron chi connectivity index (χ0n) is 29.4. The molecule has 0 aliphatic carbocycles. The zero-order valence-corrected chi connectivity index (χ0v) is 29.4. The van der Waals surface area contributed by atoms with Gasteiger partial charge in [0.05, 0.1) is 22.3 Å². The van der Waals surface area contributed by atoms with Crippen molar-refractivity contribution >= 4 is 51.6 Å². The third kappa shape index (κ3) is 9.03. The molecule has 6 rings (SSSR count). The monoisotopic (exact) mass is 742 g/mol. The van der Waals surface area contributed by atoms with Crippen LogP contribution in [0.5, 0.6) is 5.75 Å². The van der Waals surface area contributed by atoms with Crippen LogP contribution in [0.2, 0.25) is 0 Å². The van der Waals surface area contributed by atoms with Crippen LogP contribution in [0.4, 0.5) is 11.4 Å². The molecule has 55 heavy (non-hydrogen) atoms. The number of rotatable bonds is 11. The number of aliphatic imine (C=N–C) groups is 1. The van der Waals surface area contributed by atoms with Gasteiger partial charge in [0.2, 0.25) is 0 Å². The third-order valence-electron chi connectivity index (χ3n) is 9.29. The Morgan fingerprint density at radius 1 is 0.855 bits per heavy atom. The molecule has 0 radical (unpaired) electrons. The number of carbonyl (C=O) groups excluding carboxylic acids is 2. The highest BCUT2D eigenvalue weighted by Crippen LogP contribution is 2.28. The molecule has 15 heteroatoms. The molecule has 5 aromatic carbocycles. The van der Waals surface area contributed by atoms with Gasteiger partial charge in [-0.2, -0.15) is 4.99 Å². The number of hydrogen-bond donors (Lipinski definition) is 3. The minimum atomic E-state index is -0.997. The molecule has 5 aromatic rings. The van der Waals surface area contributed by atoms with Crippen LogP contribution in [0.15, 0.2) is 114 Å². The lowest BCUT2D eigenvalue weighted by Crippen LogP contribution is -2.30. The molecule has 1 saturated heterocycles. The number of fused-ring (bicyclic) bond motifs is 1. The van der Waals surface area contributed by atoms with Crippen LogP contribution in [0.1, 0.15) is 56.7 Å². The van der Waals surface area contributed by atoms with Crippen molar-refractivity contribution in [2.75, 3.05) is 13.1 Å². The molecule has 0 spiro atoms. The van der Waals surface area contributed by atoms with Crippen molar-refractivity contribution in [2.24, 2.45) is 4.99 Å². The molecule has 0 saturated carbocycles. The summed E-state index contributed by atoms with van der Waals surface area (Å²) in [5.74, 6) is -2.04. The molecule has 1 heterocycles. The number of benzene rings is 5. The summed E-state index contributed by atoms with van der Waals surface area (Å²) >= 11 is 0.